The third-order valence-corrected chi connectivity index (χ3v) is 1.49. The number of hydrogen-bond acceptors (Lipinski definition) is 2. The van der Waals surface area contributed by atoms with Crippen LogP contribution in [0.4, 0.5) is 0 Å². The van der Waals surface area contributed by atoms with Gasteiger partial charge in [0.2, 0.25) is 0 Å². The van der Waals surface area contributed by atoms with E-state index in [9.17, 15) is 4.79 Å². The van der Waals surface area contributed by atoms with Crippen LogP contribution < -0.4 is 0 Å². The lowest BCUT2D eigenvalue weighted by Gasteiger charge is -1.96. The Bertz CT molecular complexity index is 230. The highest BCUT2D eigenvalue weighted by Crippen LogP contribution is 1.95. The van der Waals surface area contributed by atoms with Gasteiger partial charge in [-0.3, -0.25) is 9.48 Å². The first-order valence-electron chi connectivity index (χ1n) is 3.78. The van der Waals surface area contributed by atoms with Gasteiger partial charge in [0, 0.05) is 12.7 Å². The fourth-order valence-electron chi connectivity index (χ4n) is 0.861. The minimum absolute atomic E-state index is 0.390. The normalized spacial score (nSPS) is 9.91. The molecule has 0 N–H and O–H groups in total. The predicted molar refractivity (Wildman–Crippen MR) is 41.9 cm³/mol. The Balaban J connectivity index is 2.51. The molecule has 11 heavy (non-hydrogen) atoms. The van der Waals surface area contributed by atoms with Crippen molar-refractivity contribution in [2.75, 3.05) is 0 Å². The minimum atomic E-state index is 0.390. The van der Waals surface area contributed by atoms with Gasteiger partial charge < -0.3 is 0 Å². The number of aromatic nitrogens is 2. The molecule has 0 bridgehead atoms. The lowest BCUT2D eigenvalue weighted by Crippen LogP contribution is -1.98. The first-order valence-corrected chi connectivity index (χ1v) is 3.78. The zero-order valence-electron chi connectivity index (χ0n) is 6.58. The molecule has 3 heteroatoms. The summed E-state index contributed by atoms with van der Waals surface area (Å²) >= 11 is 0. The highest BCUT2D eigenvalue weighted by molar-refractivity contribution is 5.71. The molecular formula is C8H11N2O. The second kappa shape index (κ2) is 3.91. The zero-order chi connectivity index (χ0) is 8.10. The van der Waals surface area contributed by atoms with Gasteiger partial charge in [-0.15, -0.1) is 0 Å². The van der Waals surface area contributed by atoms with Crippen molar-refractivity contribution in [2.24, 2.45) is 0 Å². The standard InChI is InChI=1S/C8H11N2O/c1-2-3-5-10-6-4-8(7-11)9-10/h4,6H,2-3,5H2,1H3. The molecule has 0 amide bonds. The summed E-state index contributed by atoms with van der Waals surface area (Å²) < 4.78 is 1.77. The van der Waals surface area contributed by atoms with Crippen molar-refractivity contribution in [3.8, 4) is 0 Å². The average molecular weight is 151 g/mol. The minimum Gasteiger partial charge on any atom is -0.283 e. The van der Waals surface area contributed by atoms with E-state index in [4.69, 9.17) is 0 Å². The van der Waals surface area contributed by atoms with E-state index >= 15 is 0 Å². The summed E-state index contributed by atoms with van der Waals surface area (Å²) in [4.78, 5) is 10.1. The molecule has 1 radical (unpaired) electrons. The van der Waals surface area contributed by atoms with E-state index in [1.54, 1.807) is 23.2 Å². The first kappa shape index (κ1) is 7.98. The highest BCUT2D eigenvalue weighted by Gasteiger charge is 1.95. The molecule has 0 aliphatic rings. The van der Waals surface area contributed by atoms with Crippen LogP contribution >= 0.6 is 0 Å². The van der Waals surface area contributed by atoms with Crippen molar-refractivity contribution in [3.63, 3.8) is 0 Å². The number of aryl methyl sites for hydroxylation is 1. The quantitative estimate of drug-likeness (QED) is 0.646. The van der Waals surface area contributed by atoms with E-state index in [0.717, 1.165) is 19.4 Å². The van der Waals surface area contributed by atoms with Crippen LogP contribution in [0.5, 0.6) is 0 Å². The Kier molecular flexibility index (Phi) is 2.83. The van der Waals surface area contributed by atoms with Gasteiger partial charge in [-0.2, -0.15) is 5.10 Å². The summed E-state index contributed by atoms with van der Waals surface area (Å²) in [6.45, 7) is 3.01. The van der Waals surface area contributed by atoms with E-state index < -0.39 is 0 Å². The van der Waals surface area contributed by atoms with Crippen molar-refractivity contribution >= 4 is 6.29 Å². The van der Waals surface area contributed by atoms with Crippen LogP contribution in [0.1, 0.15) is 25.5 Å². The van der Waals surface area contributed by atoms with Crippen molar-refractivity contribution in [3.05, 3.63) is 18.0 Å². The molecule has 0 fully saturated rings. The van der Waals surface area contributed by atoms with Gasteiger partial charge in [0.25, 0.3) is 6.29 Å². The van der Waals surface area contributed by atoms with Crippen LogP contribution in [0.2, 0.25) is 0 Å². The number of carbonyl (C=O) groups excluding carboxylic acids is 1. The third kappa shape index (κ3) is 2.18. The van der Waals surface area contributed by atoms with Crippen molar-refractivity contribution < 1.29 is 4.79 Å². The predicted octanol–water partition coefficient (Wildman–Crippen LogP) is 1.14. The topological polar surface area (TPSA) is 34.9 Å². The third-order valence-electron chi connectivity index (χ3n) is 1.49. The lowest BCUT2D eigenvalue weighted by atomic mass is 10.3. The molecule has 1 aromatic rings. The van der Waals surface area contributed by atoms with Gasteiger partial charge in [-0.05, 0) is 12.5 Å². The molecule has 3 nitrogen and oxygen atoms in total. The summed E-state index contributed by atoms with van der Waals surface area (Å²) in [7, 11) is 0. The molecule has 0 aromatic carbocycles. The maximum Gasteiger partial charge on any atom is 0.255 e. The second-order valence-electron chi connectivity index (χ2n) is 2.42. The summed E-state index contributed by atoms with van der Waals surface area (Å²) in [5.74, 6) is 0. The summed E-state index contributed by atoms with van der Waals surface area (Å²) in [6, 6.07) is 1.67. The number of nitrogens with zero attached hydrogens (tertiary/aromatic N) is 2. The summed E-state index contributed by atoms with van der Waals surface area (Å²) in [6.07, 6.45) is 5.78. The van der Waals surface area contributed by atoms with Crippen LogP contribution in [0.15, 0.2) is 12.3 Å². The molecule has 0 saturated heterocycles. The summed E-state index contributed by atoms with van der Waals surface area (Å²) in [5.41, 5.74) is 0.390. The van der Waals surface area contributed by atoms with Gasteiger partial charge in [-0.1, -0.05) is 13.3 Å². The molecule has 0 aliphatic carbocycles. The lowest BCUT2D eigenvalue weighted by molar-refractivity contribution is 0.552. The molecule has 0 saturated carbocycles. The van der Waals surface area contributed by atoms with Crippen LogP contribution in [0.25, 0.3) is 0 Å². The van der Waals surface area contributed by atoms with Gasteiger partial charge in [-0.25, -0.2) is 0 Å². The Morgan fingerprint density at radius 1 is 1.73 bits per heavy atom. The van der Waals surface area contributed by atoms with E-state index in [2.05, 4.69) is 12.0 Å². The van der Waals surface area contributed by atoms with Crippen LogP contribution in [-0.2, 0) is 11.3 Å². The molecule has 1 rings (SSSR count). The molecule has 0 aliphatic heterocycles. The highest BCUT2D eigenvalue weighted by atomic mass is 16.1. The molecule has 1 aromatic heterocycles. The maximum atomic E-state index is 10.1. The SMILES string of the molecule is CCCCn1ccc([C]=O)n1. The number of unbranched alkanes of at least 4 members (excludes halogenated alkanes) is 1. The van der Waals surface area contributed by atoms with Gasteiger partial charge in [0.15, 0.2) is 0 Å². The smallest absolute Gasteiger partial charge is 0.255 e. The number of rotatable bonds is 4. The van der Waals surface area contributed by atoms with E-state index in [1.807, 2.05) is 0 Å². The largest absolute Gasteiger partial charge is 0.283 e. The molecule has 59 valence electrons. The monoisotopic (exact) mass is 151 g/mol. The summed E-state index contributed by atoms with van der Waals surface area (Å²) in [5, 5.41) is 3.96. The Hall–Kier alpha value is -1.12. The maximum absolute atomic E-state index is 10.1. The van der Waals surface area contributed by atoms with Crippen molar-refractivity contribution in [2.45, 2.75) is 26.3 Å². The number of hydrogen-bond donors (Lipinski definition) is 0. The van der Waals surface area contributed by atoms with Gasteiger partial charge in [0.1, 0.15) is 5.69 Å². The molecule has 0 spiro atoms. The van der Waals surface area contributed by atoms with Crippen LogP contribution in [0, 0.1) is 0 Å². The van der Waals surface area contributed by atoms with Gasteiger partial charge >= 0.3 is 0 Å². The first-order chi connectivity index (χ1) is 5.36. The Labute approximate surface area is 66.0 Å². The average Bonchev–Trinajstić information content (AvgIpc) is 2.48. The van der Waals surface area contributed by atoms with E-state index in [1.165, 1.54) is 0 Å². The molecule has 0 atom stereocenters. The van der Waals surface area contributed by atoms with E-state index in [-0.39, 0.29) is 0 Å². The van der Waals surface area contributed by atoms with Crippen molar-refractivity contribution in [1.82, 2.24) is 9.78 Å². The molecule has 0 unspecified atom stereocenters. The van der Waals surface area contributed by atoms with Gasteiger partial charge in [0.05, 0.1) is 0 Å². The van der Waals surface area contributed by atoms with E-state index in [0.29, 0.717) is 5.69 Å². The second-order valence-corrected chi connectivity index (χ2v) is 2.42. The molecular weight excluding hydrogens is 140 g/mol. The van der Waals surface area contributed by atoms with Crippen LogP contribution in [-0.4, -0.2) is 16.1 Å². The fraction of sp³-hybridized carbons (Fsp3) is 0.500. The van der Waals surface area contributed by atoms with Crippen LogP contribution in [0.3, 0.4) is 0 Å². The fourth-order valence-corrected chi connectivity index (χ4v) is 0.861. The Morgan fingerprint density at radius 2 is 2.55 bits per heavy atom. The van der Waals surface area contributed by atoms with Crippen molar-refractivity contribution in [1.29, 1.82) is 0 Å². The zero-order valence-corrected chi connectivity index (χ0v) is 6.58. The molecule has 1 heterocycles. The Morgan fingerprint density at radius 3 is 3.09 bits per heavy atom.